The maximum atomic E-state index is 5.21. The summed E-state index contributed by atoms with van der Waals surface area (Å²) in [6.07, 6.45) is 4.14. The zero-order chi connectivity index (χ0) is 5.98. The van der Waals surface area contributed by atoms with Crippen molar-refractivity contribution in [2.75, 3.05) is 0 Å². The van der Waals surface area contributed by atoms with Gasteiger partial charge in [-0.2, -0.15) is 0 Å². The van der Waals surface area contributed by atoms with Crippen molar-refractivity contribution in [1.29, 1.82) is 0 Å². The van der Waals surface area contributed by atoms with E-state index in [9.17, 15) is 0 Å². The van der Waals surface area contributed by atoms with Crippen LogP contribution >= 0.6 is 25.3 Å². The first-order valence-electron chi connectivity index (χ1n) is 2.80. The van der Waals surface area contributed by atoms with Crippen LogP contribution in [-0.4, -0.2) is 10.9 Å². The molecule has 0 amide bonds. The van der Waals surface area contributed by atoms with Gasteiger partial charge in [0.05, 0.1) is 6.10 Å². The third kappa shape index (κ3) is 1.88. The Balaban J connectivity index is 2.01. The highest BCUT2D eigenvalue weighted by molar-refractivity contribution is 7.98. The fourth-order valence-electron chi connectivity index (χ4n) is 0.679. The standard InChI is InChI=1S/C5H10OS2/c7-5(8)6-4-2-1-3-4/h4-5,7-8H,1-3H2. The fourth-order valence-corrected chi connectivity index (χ4v) is 1.02. The van der Waals surface area contributed by atoms with E-state index in [1.54, 1.807) is 0 Å². The molecule has 48 valence electrons. The summed E-state index contributed by atoms with van der Waals surface area (Å²) in [5, 5.41) is 0. The second-order valence-corrected chi connectivity index (χ2v) is 3.36. The molecule has 1 aliphatic rings. The molecule has 0 aromatic rings. The zero-order valence-electron chi connectivity index (χ0n) is 4.58. The summed E-state index contributed by atoms with van der Waals surface area (Å²) in [5.41, 5.74) is 0. The van der Waals surface area contributed by atoms with Gasteiger partial charge in [-0.25, -0.2) is 0 Å². The summed E-state index contributed by atoms with van der Waals surface area (Å²) in [6, 6.07) is 0. The minimum atomic E-state index is -0.180. The second-order valence-electron chi connectivity index (χ2n) is 2.02. The van der Waals surface area contributed by atoms with Crippen LogP contribution in [0.25, 0.3) is 0 Å². The van der Waals surface area contributed by atoms with E-state index < -0.39 is 0 Å². The van der Waals surface area contributed by atoms with Crippen molar-refractivity contribution in [3.05, 3.63) is 0 Å². The van der Waals surface area contributed by atoms with Gasteiger partial charge in [0.15, 0.2) is 0 Å². The SMILES string of the molecule is SC(S)OC1CCC1. The van der Waals surface area contributed by atoms with Crippen LogP contribution in [0.2, 0.25) is 0 Å². The highest BCUT2D eigenvalue weighted by Crippen LogP contribution is 2.24. The first kappa shape index (κ1) is 6.78. The second kappa shape index (κ2) is 2.99. The molecule has 0 heterocycles. The molecule has 8 heavy (non-hydrogen) atoms. The van der Waals surface area contributed by atoms with Gasteiger partial charge >= 0.3 is 0 Å². The van der Waals surface area contributed by atoms with Gasteiger partial charge in [-0.3, -0.25) is 0 Å². The molecule has 1 saturated carbocycles. The molecule has 1 aliphatic carbocycles. The minimum Gasteiger partial charge on any atom is -0.355 e. The van der Waals surface area contributed by atoms with Gasteiger partial charge in [-0.15, -0.1) is 25.3 Å². The van der Waals surface area contributed by atoms with Crippen molar-refractivity contribution in [3.8, 4) is 0 Å². The monoisotopic (exact) mass is 150 g/mol. The smallest absolute Gasteiger partial charge is 0.144 e. The Hall–Kier alpha value is 0.660. The van der Waals surface area contributed by atoms with Gasteiger partial charge in [0.25, 0.3) is 0 Å². The Bertz CT molecular complexity index is 70.8. The number of hydrogen-bond acceptors (Lipinski definition) is 3. The summed E-state index contributed by atoms with van der Waals surface area (Å²) in [4.78, 5) is 0. The van der Waals surface area contributed by atoms with Gasteiger partial charge in [0.2, 0.25) is 0 Å². The summed E-state index contributed by atoms with van der Waals surface area (Å²) in [6.45, 7) is 0. The van der Waals surface area contributed by atoms with Crippen LogP contribution in [0.15, 0.2) is 0 Å². The molecule has 0 bridgehead atoms. The molecule has 1 fully saturated rings. The topological polar surface area (TPSA) is 9.23 Å². The maximum absolute atomic E-state index is 5.21. The Labute approximate surface area is 60.6 Å². The van der Waals surface area contributed by atoms with Crippen LogP contribution in [0.4, 0.5) is 0 Å². The molecule has 0 unspecified atom stereocenters. The quantitative estimate of drug-likeness (QED) is 0.450. The lowest BCUT2D eigenvalue weighted by atomic mass is 9.96. The van der Waals surface area contributed by atoms with Crippen molar-refractivity contribution in [2.45, 2.75) is 30.1 Å². The summed E-state index contributed by atoms with van der Waals surface area (Å²) in [7, 11) is 0. The summed E-state index contributed by atoms with van der Waals surface area (Å²) < 4.78 is 5.03. The van der Waals surface area contributed by atoms with Crippen LogP contribution in [0.5, 0.6) is 0 Å². The molecule has 1 nitrogen and oxygen atoms in total. The van der Waals surface area contributed by atoms with Gasteiger partial charge < -0.3 is 4.74 Å². The summed E-state index contributed by atoms with van der Waals surface area (Å²) in [5.74, 6) is 0. The van der Waals surface area contributed by atoms with Crippen LogP contribution in [0.1, 0.15) is 19.3 Å². The van der Waals surface area contributed by atoms with Gasteiger partial charge in [0, 0.05) is 0 Å². The number of ether oxygens (including phenoxy) is 1. The fraction of sp³-hybridized carbons (Fsp3) is 1.00. The normalized spacial score (nSPS) is 21.4. The van der Waals surface area contributed by atoms with E-state index in [2.05, 4.69) is 25.3 Å². The van der Waals surface area contributed by atoms with Crippen molar-refractivity contribution in [2.24, 2.45) is 0 Å². The third-order valence-corrected chi connectivity index (χ3v) is 1.61. The molecule has 0 spiro atoms. The maximum Gasteiger partial charge on any atom is 0.144 e. The first-order valence-corrected chi connectivity index (χ1v) is 3.84. The zero-order valence-corrected chi connectivity index (χ0v) is 6.37. The van der Waals surface area contributed by atoms with Crippen LogP contribution in [-0.2, 0) is 4.74 Å². The average molecular weight is 150 g/mol. The highest BCUT2D eigenvalue weighted by Gasteiger charge is 2.18. The predicted octanol–water partition coefficient (Wildman–Crippen LogP) is 1.70. The molecule has 3 heteroatoms. The minimum absolute atomic E-state index is 0.180. The lowest BCUT2D eigenvalue weighted by molar-refractivity contribution is 0.0199. The molecule has 1 rings (SSSR count). The molecule has 0 aliphatic heterocycles. The van der Waals surface area contributed by atoms with Crippen LogP contribution in [0, 0.1) is 0 Å². The highest BCUT2D eigenvalue weighted by atomic mass is 32.2. The van der Waals surface area contributed by atoms with Crippen LogP contribution in [0.3, 0.4) is 0 Å². The third-order valence-electron chi connectivity index (χ3n) is 1.37. The summed E-state index contributed by atoms with van der Waals surface area (Å²) >= 11 is 7.93. The van der Waals surface area contributed by atoms with E-state index >= 15 is 0 Å². The van der Waals surface area contributed by atoms with E-state index in [1.165, 1.54) is 19.3 Å². The molecular formula is C5H10OS2. The van der Waals surface area contributed by atoms with E-state index in [4.69, 9.17) is 4.74 Å². The van der Waals surface area contributed by atoms with Crippen molar-refractivity contribution in [1.82, 2.24) is 0 Å². The van der Waals surface area contributed by atoms with E-state index in [0.29, 0.717) is 6.10 Å². The van der Waals surface area contributed by atoms with Crippen molar-refractivity contribution in [3.63, 3.8) is 0 Å². The average Bonchev–Trinajstić information content (AvgIpc) is 1.55. The van der Waals surface area contributed by atoms with E-state index in [0.717, 1.165) is 0 Å². The molecule has 0 atom stereocenters. The lowest BCUT2D eigenvalue weighted by Crippen LogP contribution is -2.23. The molecular weight excluding hydrogens is 140 g/mol. The Morgan fingerprint density at radius 3 is 2.12 bits per heavy atom. The number of thiol groups is 2. The molecule has 0 aromatic carbocycles. The van der Waals surface area contributed by atoms with E-state index in [1.807, 2.05) is 0 Å². The molecule has 0 aromatic heterocycles. The predicted molar refractivity (Wildman–Crippen MR) is 40.5 cm³/mol. The Morgan fingerprint density at radius 2 is 2.00 bits per heavy atom. The lowest BCUT2D eigenvalue weighted by Gasteiger charge is -2.26. The number of rotatable bonds is 2. The van der Waals surface area contributed by atoms with Crippen molar-refractivity contribution < 1.29 is 4.74 Å². The Morgan fingerprint density at radius 1 is 1.38 bits per heavy atom. The molecule has 0 N–H and O–H groups in total. The largest absolute Gasteiger partial charge is 0.355 e. The molecule has 0 radical (unpaired) electrons. The van der Waals surface area contributed by atoms with Crippen molar-refractivity contribution >= 4 is 25.3 Å². The van der Waals surface area contributed by atoms with Gasteiger partial charge in [0.1, 0.15) is 4.77 Å². The van der Waals surface area contributed by atoms with Crippen LogP contribution < -0.4 is 0 Å². The Kier molecular flexibility index (Phi) is 2.53. The van der Waals surface area contributed by atoms with Gasteiger partial charge in [-0.05, 0) is 19.3 Å². The van der Waals surface area contributed by atoms with Gasteiger partial charge in [-0.1, -0.05) is 0 Å². The number of hydrogen-bond donors (Lipinski definition) is 2. The first-order chi connectivity index (χ1) is 3.79. The molecule has 0 saturated heterocycles. The van der Waals surface area contributed by atoms with E-state index in [-0.39, 0.29) is 4.77 Å².